The molecule has 3 unspecified atom stereocenters. The van der Waals surface area contributed by atoms with E-state index in [4.69, 9.17) is 16.3 Å². The Bertz CT molecular complexity index is 343. The van der Waals surface area contributed by atoms with E-state index in [2.05, 4.69) is 30.8 Å². The van der Waals surface area contributed by atoms with Gasteiger partial charge in [-0.2, -0.15) is 0 Å². The average molecular weight is 227 g/mol. The Labute approximate surface area is 90.4 Å². The van der Waals surface area contributed by atoms with Gasteiger partial charge in [0.2, 0.25) is 0 Å². The third kappa shape index (κ3) is 1.78. The third-order valence-electron chi connectivity index (χ3n) is 2.69. The highest BCUT2D eigenvalue weighted by atomic mass is 32.4. The van der Waals surface area contributed by atoms with Crippen LogP contribution in [-0.2, 0) is 16.3 Å². The first kappa shape index (κ1) is 10.3. The van der Waals surface area contributed by atoms with Crippen molar-refractivity contribution >= 4 is 18.9 Å². The van der Waals surface area contributed by atoms with E-state index in [0.717, 1.165) is 0 Å². The molecule has 76 valence electrons. The second-order valence-electron chi connectivity index (χ2n) is 3.57. The molecule has 1 heterocycles. The predicted octanol–water partition coefficient (Wildman–Crippen LogP) is 2.58. The lowest BCUT2D eigenvalue weighted by Gasteiger charge is -2.17. The van der Waals surface area contributed by atoms with Crippen molar-refractivity contribution < 1.29 is 4.52 Å². The molecule has 2 rings (SSSR count). The number of likely N-dealkylation sites (N-methyl/N-ethyl adjacent to an activating group) is 1. The molecule has 0 aromatic heterocycles. The van der Waals surface area contributed by atoms with E-state index in [-0.39, 0.29) is 6.10 Å². The second-order valence-corrected chi connectivity index (χ2v) is 6.09. The Morgan fingerprint density at radius 2 is 2.00 bits per heavy atom. The van der Waals surface area contributed by atoms with Crippen LogP contribution in [0.3, 0.4) is 0 Å². The fraction of sp³-hybridized carbons (Fsp3) is 0.400. The lowest BCUT2D eigenvalue weighted by Crippen LogP contribution is -2.21. The Morgan fingerprint density at radius 1 is 1.36 bits per heavy atom. The molecular weight excluding hydrogens is 213 g/mol. The zero-order valence-electron chi connectivity index (χ0n) is 8.31. The molecule has 3 atom stereocenters. The molecule has 1 aromatic carbocycles. The molecule has 1 saturated heterocycles. The van der Waals surface area contributed by atoms with Gasteiger partial charge in [-0.25, -0.2) is 0 Å². The van der Waals surface area contributed by atoms with E-state index in [1.807, 2.05) is 18.2 Å². The quantitative estimate of drug-likeness (QED) is 0.684. The molecule has 0 spiro atoms. The molecule has 1 aliphatic rings. The third-order valence-corrected chi connectivity index (χ3v) is 5.28. The van der Waals surface area contributed by atoms with Crippen molar-refractivity contribution in [3.8, 4) is 0 Å². The normalized spacial score (nSPS) is 33.4. The van der Waals surface area contributed by atoms with Crippen LogP contribution < -0.4 is 0 Å². The van der Waals surface area contributed by atoms with Crippen molar-refractivity contribution in [3.05, 3.63) is 35.9 Å². The molecule has 1 aromatic rings. The Morgan fingerprint density at radius 3 is 2.50 bits per heavy atom. The lowest BCUT2D eigenvalue weighted by molar-refractivity contribution is 0.219. The molecule has 0 aliphatic carbocycles. The fourth-order valence-corrected chi connectivity index (χ4v) is 3.64. The van der Waals surface area contributed by atoms with Gasteiger partial charge in [0, 0.05) is 6.04 Å². The van der Waals surface area contributed by atoms with Crippen LogP contribution in [0.4, 0.5) is 0 Å². The minimum atomic E-state index is -1.16. The van der Waals surface area contributed by atoms with Crippen LogP contribution >= 0.6 is 7.07 Å². The topological polar surface area (TPSA) is 12.5 Å². The molecule has 0 saturated carbocycles. The molecule has 0 N–H and O–H groups in total. The van der Waals surface area contributed by atoms with Crippen molar-refractivity contribution in [2.75, 3.05) is 7.05 Å². The van der Waals surface area contributed by atoms with Gasteiger partial charge in [-0.15, -0.1) is 0 Å². The number of hydrogen-bond donors (Lipinski definition) is 0. The monoisotopic (exact) mass is 227 g/mol. The van der Waals surface area contributed by atoms with Crippen molar-refractivity contribution in [3.63, 3.8) is 0 Å². The summed E-state index contributed by atoms with van der Waals surface area (Å²) in [5, 5.41) is 0. The van der Waals surface area contributed by atoms with E-state index in [0.29, 0.717) is 6.04 Å². The largest absolute Gasteiger partial charge is 0.330 e. The minimum absolute atomic E-state index is 0.160. The maximum absolute atomic E-state index is 5.81. The summed E-state index contributed by atoms with van der Waals surface area (Å²) in [6, 6.07) is 10.7. The highest BCUT2D eigenvalue weighted by Crippen LogP contribution is 2.47. The Balaban J connectivity index is 2.26. The SMILES string of the molecule is CC1C(c2ccccc2)O[PH](=S)N1C. The summed E-state index contributed by atoms with van der Waals surface area (Å²) in [6.45, 7) is 2.17. The van der Waals surface area contributed by atoms with Crippen molar-refractivity contribution in [1.82, 2.24) is 4.67 Å². The van der Waals surface area contributed by atoms with Gasteiger partial charge in [-0.3, -0.25) is 4.67 Å². The minimum Gasteiger partial charge on any atom is -0.330 e. The molecule has 1 aliphatic heterocycles. The first-order valence-corrected chi connectivity index (χ1v) is 7.17. The second kappa shape index (κ2) is 4.11. The van der Waals surface area contributed by atoms with Crippen molar-refractivity contribution in [1.29, 1.82) is 0 Å². The summed E-state index contributed by atoms with van der Waals surface area (Å²) >= 11 is 5.28. The molecule has 0 bridgehead atoms. The number of rotatable bonds is 1. The van der Waals surface area contributed by atoms with E-state index >= 15 is 0 Å². The van der Waals surface area contributed by atoms with Crippen molar-refractivity contribution in [2.24, 2.45) is 0 Å². The summed E-state index contributed by atoms with van der Waals surface area (Å²) < 4.78 is 7.99. The smallest absolute Gasteiger partial charge is 0.120 e. The van der Waals surface area contributed by atoms with Crippen molar-refractivity contribution in [2.45, 2.75) is 19.1 Å². The molecule has 2 nitrogen and oxygen atoms in total. The van der Waals surface area contributed by atoms with Gasteiger partial charge in [0.15, 0.2) is 0 Å². The van der Waals surface area contributed by atoms with Gasteiger partial charge < -0.3 is 4.52 Å². The summed E-state index contributed by atoms with van der Waals surface area (Å²) in [7, 11) is 0.888. The Hall–Kier alpha value is -0.210. The maximum atomic E-state index is 5.81. The van der Waals surface area contributed by atoms with Gasteiger partial charge in [0.25, 0.3) is 0 Å². The summed E-state index contributed by atoms with van der Waals surface area (Å²) in [5.74, 6) is 0. The standard InChI is InChI=1S/C10H14NOPS/c1-8-10(12-13(14)11(8)2)9-6-4-3-5-7-9/h3-8,10,13H,1-2H3. The van der Waals surface area contributed by atoms with Gasteiger partial charge in [-0.05, 0) is 19.5 Å². The molecule has 4 heteroatoms. The van der Waals surface area contributed by atoms with Crippen LogP contribution in [0.15, 0.2) is 30.3 Å². The van der Waals surface area contributed by atoms with Crippen LogP contribution in [0.5, 0.6) is 0 Å². The van der Waals surface area contributed by atoms with Crippen LogP contribution in [0.25, 0.3) is 0 Å². The molecule has 14 heavy (non-hydrogen) atoms. The molecule has 0 amide bonds. The van der Waals surface area contributed by atoms with Gasteiger partial charge in [0.05, 0.1) is 0 Å². The van der Waals surface area contributed by atoms with Crippen LogP contribution in [0.1, 0.15) is 18.6 Å². The molecular formula is C10H14NOPS. The summed E-state index contributed by atoms with van der Waals surface area (Å²) in [6.07, 6.45) is 0.160. The van der Waals surface area contributed by atoms with Gasteiger partial charge in [0.1, 0.15) is 13.2 Å². The van der Waals surface area contributed by atoms with Crippen LogP contribution in [0, 0.1) is 0 Å². The zero-order valence-corrected chi connectivity index (χ0v) is 10.1. The molecule has 0 radical (unpaired) electrons. The molecule has 1 fully saturated rings. The first-order chi connectivity index (χ1) is 6.70. The zero-order chi connectivity index (χ0) is 10.1. The summed E-state index contributed by atoms with van der Waals surface area (Å²) in [4.78, 5) is 0. The van der Waals surface area contributed by atoms with E-state index in [1.165, 1.54) is 5.56 Å². The van der Waals surface area contributed by atoms with E-state index in [9.17, 15) is 0 Å². The highest BCUT2D eigenvalue weighted by molar-refractivity contribution is 8.01. The van der Waals surface area contributed by atoms with Gasteiger partial charge >= 0.3 is 0 Å². The number of benzene rings is 1. The fourth-order valence-electron chi connectivity index (χ4n) is 1.65. The van der Waals surface area contributed by atoms with Crippen LogP contribution in [0.2, 0.25) is 0 Å². The van der Waals surface area contributed by atoms with E-state index < -0.39 is 7.07 Å². The number of hydrogen-bond acceptors (Lipinski definition) is 2. The predicted molar refractivity (Wildman–Crippen MR) is 63.2 cm³/mol. The summed E-state index contributed by atoms with van der Waals surface area (Å²) in [5.41, 5.74) is 1.23. The number of nitrogens with zero attached hydrogens (tertiary/aromatic N) is 1. The van der Waals surface area contributed by atoms with Gasteiger partial charge in [-0.1, -0.05) is 42.1 Å². The first-order valence-electron chi connectivity index (χ1n) is 4.68. The van der Waals surface area contributed by atoms with Crippen LogP contribution in [-0.4, -0.2) is 17.8 Å². The Kier molecular flexibility index (Phi) is 3.03. The maximum Gasteiger partial charge on any atom is 0.120 e. The average Bonchev–Trinajstić information content (AvgIpc) is 2.47. The van der Waals surface area contributed by atoms with E-state index in [1.54, 1.807) is 0 Å². The lowest BCUT2D eigenvalue weighted by atomic mass is 10.0. The highest BCUT2D eigenvalue weighted by Gasteiger charge is 2.33.